The number of rotatable bonds is 10. The normalized spacial score (nSPS) is 13.0. The lowest BCUT2D eigenvalue weighted by Gasteiger charge is -2.31. The van der Waals surface area contributed by atoms with E-state index in [1.165, 1.54) is 30.3 Å². The summed E-state index contributed by atoms with van der Waals surface area (Å²) in [6, 6.07) is 12.2. The van der Waals surface area contributed by atoms with Crippen molar-refractivity contribution in [2.75, 3.05) is 0 Å². The van der Waals surface area contributed by atoms with Gasteiger partial charge in [-0.2, -0.15) is 0 Å². The Morgan fingerprint density at radius 1 is 0.707 bits per heavy atom. The van der Waals surface area contributed by atoms with Crippen LogP contribution in [0, 0.1) is 0 Å². The van der Waals surface area contributed by atoms with Crippen LogP contribution in [0.2, 0.25) is 0 Å². The molecule has 4 heterocycles. The van der Waals surface area contributed by atoms with Crippen LogP contribution in [0.25, 0.3) is 44.7 Å². The quantitative estimate of drug-likeness (QED) is 0.129. The van der Waals surface area contributed by atoms with E-state index in [4.69, 9.17) is 24.0 Å². The van der Waals surface area contributed by atoms with Gasteiger partial charge in [-0.15, -0.1) is 26.3 Å². The van der Waals surface area contributed by atoms with Crippen molar-refractivity contribution in [3.05, 3.63) is 84.8 Å². The molecular weight excluding hydrogens is 782 g/mol. The van der Waals surface area contributed by atoms with Crippen LogP contribution >= 0.6 is 0 Å². The van der Waals surface area contributed by atoms with E-state index >= 15 is 0 Å². The summed E-state index contributed by atoms with van der Waals surface area (Å²) in [4.78, 5) is 45.3. The standard InChI is InChI=1S/C38H34F6N6O8/c1-35(2,3)57-33(51)50(17-22-14-25(29-31(48-22)53-18-46-29)20-6-10-23(11-7-20)55-37(39,40)41)34(52)58-36(4,5)16-27(45)28-15-26(30-32(49-28)54-19-47-30)21-8-12-24(13-9-21)56-38(42,43)44/h6-15,18-19,27H,16-17,45H2,1-5H3. The number of nitrogens with zero attached hydrogens (tertiary/aromatic N) is 5. The third-order valence-electron chi connectivity index (χ3n) is 8.09. The van der Waals surface area contributed by atoms with Gasteiger partial charge in [0.15, 0.2) is 12.8 Å². The van der Waals surface area contributed by atoms with E-state index in [0.717, 1.165) is 37.1 Å². The molecule has 14 nitrogen and oxygen atoms in total. The average molecular weight is 817 g/mol. The molecule has 306 valence electrons. The molecular formula is C38H34F6N6O8. The minimum absolute atomic E-state index is 0.00751. The topological polar surface area (TPSA) is 178 Å². The molecule has 58 heavy (non-hydrogen) atoms. The molecule has 0 bridgehead atoms. The van der Waals surface area contributed by atoms with Gasteiger partial charge in [-0.3, -0.25) is 0 Å². The first-order chi connectivity index (χ1) is 27.0. The van der Waals surface area contributed by atoms with Crippen molar-refractivity contribution >= 4 is 34.6 Å². The molecule has 2 N–H and O–H groups in total. The number of hydrogen-bond donors (Lipinski definition) is 1. The zero-order chi connectivity index (χ0) is 42.2. The highest BCUT2D eigenvalue weighted by atomic mass is 19.4. The van der Waals surface area contributed by atoms with Crippen molar-refractivity contribution in [2.24, 2.45) is 5.73 Å². The number of aromatic nitrogens is 4. The van der Waals surface area contributed by atoms with Gasteiger partial charge < -0.3 is 33.5 Å². The van der Waals surface area contributed by atoms with Crippen molar-refractivity contribution in [3.63, 3.8) is 0 Å². The van der Waals surface area contributed by atoms with E-state index in [9.17, 15) is 35.9 Å². The Labute approximate surface area is 324 Å². The summed E-state index contributed by atoms with van der Waals surface area (Å²) in [6.45, 7) is 7.38. The number of halogens is 6. The third kappa shape index (κ3) is 10.3. The van der Waals surface area contributed by atoms with Crippen molar-refractivity contribution in [3.8, 4) is 33.8 Å². The minimum atomic E-state index is -4.90. The molecule has 0 aliphatic carbocycles. The van der Waals surface area contributed by atoms with Gasteiger partial charge in [-0.05, 0) is 82.1 Å². The number of alkyl halides is 6. The minimum Gasteiger partial charge on any atom is -0.443 e. The number of hydrogen-bond acceptors (Lipinski definition) is 13. The average Bonchev–Trinajstić information content (AvgIpc) is 3.78. The molecule has 0 aliphatic heterocycles. The maximum Gasteiger partial charge on any atom is 0.573 e. The Morgan fingerprint density at radius 3 is 1.66 bits per heavy atom. The molecule has 0 aliphatic rings. The molecule has 0 saturated heterocycles. The second-order valence-corrected chi connectivity index (χ2v) is 14.4. The Morgan fingerprint density at radius 2 is 1.17 bits per heavy atom. The first-order valence-corrected chi connectivity index (χ1v) is 17.2. The highest BCUT2D eigenvalue weighted by molar-refractivity contribution is 5.91. The van der Waals surface area contributed by atoms with E-state index in [-0.39, 0.29) is 34.8 Å². The lowest BCUT2D eigenvalue weighted by atomic mass is 9.95. The van der Waals surface area contributed by atoms with E-state index in [1.807, 2.05) is 0 Å². The monoisotopic (exact) mass is 816 g/mol. The number of pyridine rings is 2. The van der Waals surface area contributed by atoms with E-state index in [2.05, 4.69) is 29.4 Å². The molecule has 2 amide bonds. The molecule has 0 saturated carbocycles. The fraction of sp³-hybridized carbons (Fsp3) is 0.316. The van der Waals surface area contributed by atoms with Crippen LogP contribution in [0.4, 0.5) is 35.9 Å². The first kappa shape index (κ1) is 41.2. The predicted molar refractivity (Wildman–Crippen MR) is 192 cm³/mol. The summed E-state index contributed by atoms with van der Waals surface area (Å²) >= 11 is 0. The second-order valence-electron chi connectivity index (χ2n) is 14.4. The Balaban J connectivity index is 1.24. The molecule has 0 radical (unpaired) electrons. The molecule has 1 unspecified atom stereocenters. The van der Waals surface area contributed by atoms with Gasteiger partial charge in [-0.25, -0.2) is 34.4 Å². The predicted octanol–water partition coefficient (Wildman–Crippen LogP) is 9.63. The molecule has 0 fully saturated rings. The van der Waals surface area contributed by atoms with Crippen LogP contribution in [-0.4, -0.2) is 60.9 Å². The lowest BCUT2D eigenvalue weighted by Crippen LogP contribution is -2.44. The summed E-state index contributed by atoms with van der Waals surface area (Å²) < 4.78 is 107. The Bertz CT molecular complexity index is 2420. The highest BCUT2D eigenvalue weighted by Crippen LogP contribution is 2.35. The summed E-state index contributed by atoms with van der Waals surface area (Å²) in [5, 5.41) is 0. The second kappa shape index (κ2) is 15.5. The molecule has 6 aromatic rings. The van der Waals surface area contributed by atoms with Crippen LogP contribution in [0.1, 0.15) is 58.5 Å². The number of imide groups is 1. The van der Waals surface area contributed by atoms with Crippen LogP contribution < -0.4 is 15.2 Å². The van der Waals surface area contributed by atoms with E-state index < -0.39 is 60.2 Å². The fourth-order valence-electron chi connectivity index (χ4n) is 5.80. The number of amides is 2. The first-order valence-electron chi connectivity index (χ1n) is 17.2. The van der Waals surface area contributed by atoms with Gasteiger partial charge in [-0.1, -0.05) is 24.3 Å². The van der Waals surface area contributed by atoms with Gasteiger partial charge >= 0.3 is 24.9 Å². The Kier molecular flexibility index (Phi) is 11.0. The molecule has 6 rings (SSSR count). The number of oxazole rings is 2. The zero-order valence-electron chi connectivity index (χ0n) is 31.3. The molecule has 0 spiro atoms. The van der Waals surface area contributed by atoms with Crippen molar-refractivity contribution in [1.82, 2.24) is 24.8 Å². The summed E-state index contributed by atoms with van der Waals surface area (Å²) in [5.74, 6) is -0.878. The maximum atomic E-state index is 13.9. The molecule has 20 heteroatoms. The van der Waals surface area contributed by atoms with Crippen molar-refractivity contribution in [2.45, 2.75) is 77.6 Å². The largest absolute Gasteiger partial charge is 0.573 e. The number of carbonyl (C=O) groups excluding carboxylic acids is 2. The highest BCUT2D eigenvalue weighted by Gasteiger charge is 2.36. The number of ether oxygens (including phenoxy) is 4. The van der Waals surface area contributed by atoms with Gasteiger partial charge in [0.25, 0.3) is 0 Å². The number of carbonyl (C=O) groups is 2. The Hall–Kier alpha value is -6.44. The number of benzene rings is 2. The van der Waals surface area contributed by atoms with Gasteiger partial charge in [0, 0.05) is 17.5 Å². The zero-order valence-corrected chi connectivity index (χ0v) is 31.3. The van der Waals surface area contributed by atoms with Gasteiger partial charge in [0.1, 0.15) is 33.7 Å². The van der Waals surface area contributed by atoms with Crippen LogP contribution in [0.5, 0.6) is 11.5 Å². The van der Waals surface area contributed by atoms with E-state index in [1.54, 1.807) is 40.7 Å². The van der Waals surface area contributed by atoms with Crippen LogP contribution in [0.15, 0.2) is 82.3 Å². The fourth-order valence-corrected chi connectivity index (χ4v) is 5.80. The summed E-state index contributed by atoms with van der Waals surface area (Å²) in [5.41, 5.74) is 6.85. The third-order valence-corrected chi connectivity index (χ3v) is 8.09. The molecule has 4 aromatic heterocycles. The van der Waals surface area contributed by atoms with Gasteiger partial charge in [0.05, 0.1) is 24.0 Å². The van der Waals surface area contributed by atoms with E-state index in [0.29, 0.717) is 32.7 Å². The van der Waals surface area contributed by atoms with Crippen molar-refractivity contribution in [1.29, 1.82) is 0 Å². The van der Waals surface area contributed by atoms with Crippen LogP contribution in [-0.2, 0) is 16.0 Å². The van der Waals surface area contributed by atoms with Gasteiger partial charge in [0.2, 0.25) is 11.4 Å². The number of nitrogens with two attached hydrogens (primary N) is 1. The van der Waals surface area contributed by atoms with Crippen molar-refractivity contribution < 1.29 is 63.7 Å². The van der Waals surface area contributed by atoms with Crippen LogP contribution in [0.3, 0.4) is 0 Å². The smallest absolute Gasteiger partial charge is 0.443 e. The molecule has 2 aromatic carbocycles. The SMILES string of the molecule is CC(C)(C)OC(=O)N(Cc1cc(-c2ccc(OC(F)(F)F)cc2)c2ncoc2n1)C(=O)OC(C)(C)CC(N)c1cc(-c2ccc(OC(F)(F)F)cc2)c2ncoc2n1. The molecule has 1 atom stereocenters. The lowest BCUT2D eigenvalue weighted by molar-refractivity contribution is -0.275. The maximum absolute atomic E-state index is 13.9. The number of fused-ring (bicyclic) bond motifs is 2. The summed E-state index contributed by atoms with van der Waals surface area (Å²) in [7, 11) is 0. The summed E-state index contributed by atoms with van der Waals surface area (Å²) in [6.07, 6.45) is -9.79.